The van der Waals surface area contributed by atoms with Crippen LogP contribution in [0.15, 0.2) is 18.2 Å². The summed E-state index contributed by atoms with van der Waals surface area (Å²) in [7, 11) is 0. The monoisotopic (exact) mass is 270 g/mol. The van der Waals surface area contributed by atoms with Gasteiger partial charge in [0.15, 0.2) is 0 Å². The number of aliphatic hydroxyl groups is 1. The van der Waals surface area contributed by atoms with Crippen molar-refractivity contribution in [3.8, 4) is 0 Å². The molecule has 1 saturated heterocycles. The third-order valence-electron chi connectivity index (χ3n) is 3.56. The molecule has 1 aromatic carbocycles. The van der Waals surface area contributed by atoms with E-state index in [1.807, 2.05) is 0 Å². The number of piperazine rings is 1. The minimum atomic E-state index is 0. The number of aryl methyl sites for hydroxylation is 2. The number of benzene rings is 1. The lowest BCUT2D eigenvalue weighted by Gasteiger charge is -2.35. The van der Waals surface area contributed by atoms with Crippen LogP contribution in [0.25, 0.3) is 0 Å². The lowest BCUT2D eigenvalue weighted by atomic mass is 9.98. The van der Waals surface area contributed by atoms with Gasteiger partial charge < -0.3 is 10.4 Å². The minimum Gasteiger partial charge on any atom is -0.394 e. The summed E-state index contributed by atoms with van der Waals surface area (Å²) in [6, 6.07) is 6.63. The zero-order valence-corrected chi connectivity index (χ0v) is 12.0. The van der Waals surface area contributed by atoms with Gasteiger partial charge >= 0.3 is 0 Å². The van der Waals surface area contributed by atoms with Crippen molar-refractivity contribution < 1.29 is 5.11 Å². The fraction of sp³-hybridized carbons (Fsp3) is 0.571. The largest absolute Gasteiger partial charge is 0.394 e. The first-order valence-corrected chi connectivity index (χ1v) is 6.35. The molecule has 1 aliphatic rings. The molecule has 1 aromatic rings. The predicted molar refractivity (Wildman–Crippen MR) is 77.4 cm³/mol. The molecule has 4 heteroatoms. The Kier molecular flexibility index (Phi) is 6.09. The van der Waals surface area contributed by atoms with E-state index in [1.54, 1.807) is 0 Å². The molecule has 0 radical (unpaired) electrons. The van der Waals surface area contributed by atoms with Crippen LogP contribution in [0.5, 0.6) is 0 Å². The molecule has 0 saturated carbocycles. The van der Waals surface area contributed by atoms with Gasteiger partial charge in [-0.25, -0.2) is 0 Å². The van der Waals surface area contributed by atoms with E-state index in [2.05, 4.69) is 42.3 Å². The van der Waals surface area contributed by atoms with E-state index in [9.17, 15) is 5.11 Å². The first kappa shape index (κ1) is 15.4. The van der Waals surface area contributed by atoms with Gasteiger partial charge in [0.25, 0.3) is 0 Å². The number of nitrogens with one attached hydrogen (secondary N) is 1. The van der Waals surface area contributed by atoms with Crippen LogP contribution in [-0.4, -0.2) is 42.8 Å². The average Bonchev–Trinajstić information content (AvgIpc) is 2.36. The summed E-state index contributed by atoms with van der Waals surface area (Å²) in [5, 5.41) is 13.0. The Morgan fingerprint density at radius 3 is 2.56 bits per heavy atom. The highest BCUT2D eigenvalue weighted by molar-refractivity contribution is 5.85. The molecule has 3 nitrogen and oxygen atoms in total. The number of rotatable bonds is 3. The van der Waals surface area contributed by atoms with Gasteiger partial charge in [0.2, 0.25) is 0 Å². The van der Waals surface area contributed by atoms with Gasteiger partial charge in [0.05, 0.1) is 12.6 Å². The van der Waals surface area contributed by atoms with Gasteiger partial charge in [0.1, 0.15) is 0 Å². The van der Waals surface area contributed by atoms with Crippen molar-refractivity contribution in [2.75, 3.05) is 32.8 Å². The van der Waals surface area contributed by atoms with Crippen molar-refractivity contribution in [3.63, 3.8) is 0 Å². The van der Waals surface area contributed by atoms with Crippen LogP contribution >= 0.6 is 12.4 Å². The SMILES string of the molecule is Cc1ccc(C)c([C@H](CO)N2CCNCC2)c1.Cl. The van der Waals surface area contributed by atoms with Gasteiger partial charge in [0, 0.05) is 26.2 Å². The fourth-order valence-corrected chi connectivity index (χ4v) is 2.52. The zero-order chi connectivity index (χ0) is 12.3. The Balaban J connectivity index is 0.00000162. The number of nitrogens with zero attached hydrogens (tertiary/aromatic N) is 1. The topological polar surface area (TPSA) is 35.5 Å². The molecular formula is C14H23ClN2O. The second kappa shape index (κ2) is 7.10. The third-order valence-corrected chi connectivity index (χ3v) is 3.56. The van der Waals surface area contributed by atoms with E-state index < -0.39 is 0 Å². The molecule has 1 heterocycles. The molecule has 0 amide bonds. The van der Waals surface area contributed by atoms with Crippen LogP contribution in [-0.2, 0) is 0 Å². The Labute approximate surface area is 116 Å². The van der Waals surface area contributed by atoms with Crippen molar-refractivity contribution in [2.24, 2.45) is 0 Å². The first-order chi connectivity index (χ1) is 8.22. The maximum atomic E-state index is 9.68. The smallest absolute Gasteiger partial charge is 0.0628 e. The van der Waals surface area contributed by atoms with Crippen LogP contribution in [0.4, 0.5) is 0 Å². The second-order valence-corrected chi connectivity index (χ2v) is 4.84. The normalized spacial score (nSPS) is 18.2. The summed E-state index contributed by atoms with van der Waals surface area (Å²) in [4.78, 5) is 2.37. The van der Waals surface area contributed by atoms with Crippen LogP contribution in [0.2, 0.25) is 0 Å². The molecule has 0 spiro atoms. The molecular weight excluding hydrogens is 248 g/mol. The lowest BCUT2D eigenvalue weighted by molar-refractivity contribution is 0.110. The van der Waals surface area contributed by atoms with E-state index in [4.69, 9.17) is 0 Å². The van der Waals surface area contributed by atoms with Gasteiger partial charge in [-0.15, -0.1) is 12.4 Å². The van der Waals surface area contributed by atoms with E-state index >= 15 is 0 Å². The number of halogens is 1. The fourth-order valence-electron chi connectivity index (χ4n) is 2.52. The van der Waals surface area contributed by atoms with E-state index in [0.717, 1.165) is 26.2 Å². The van der Waals surface area contributed by atoms with Crippen LogP contribution < -0.4 is 5.32 Å². The van der Waals surface area contributed by atoms with Gasteiger partial charge in [-0.3, -0.25) is 4.90 Å². The number of hydrogen-bond donors (Lipinski definition) is 2. The van der Waals surface area contributed by atoms with Crippen molar-refractivity contribution in [1.29, 1.82) is 0 Å². The number of hydrogen-bond acceptors (Lipinski definition) is 3. The highest BCUT2D eigenvalue weighted by atomic mass is 35.5. The van der Waals surface area contributed by atoms with Crippen LogP contribution in [0.3, 0.4) is 0 Å². The van der Waals surface area contributed by atoms with Gasteiger partial charge in [-0.1, -0.05) is 23.8 Å². The van der Waals surface area contributed by atoms with Crippen molar-refractivity contribution in [1.82, 2.24) is 10.2 Å². The predicted octanol–water partition coefficient (Wildman–Crippen LogP) is 1.66. The van der Waals surface area contributed by atoms with Gasteiger partial charge in [-0.2, -0.15) is 0 Å². The summed E-state index contributed by atoms with van der Waals surface area (Å²) >= 11 is 0. The second-order valence-electron chi connectivity index (χ2n) is 4.84. The summed E-state index contributed by atoms with van der Waals surface area (Å²) < 4.78 is 0. The summed E-state index contributed by atoms with van der Waals surface area (Å²) in [6.07, 6.45) is 0. The average molecular weight is 271 g/mol. The van der Waals surface area contributed by atoms with E-state index in [0.29, 0.717) is 0 Å². The van der Waals surface area contributed by atoms with Crippen molar-refractivity contribution >= 4 is 12.4 Å². The third kappa shape index (κ3) is 3.45. The summed E-state index contributed by atoms with van der Waals surface area (Å²) in [5.74, 6) is 0. The van der Waals surface area contributed by atoms with Gasteiger partial charge in [-0.05, 0) is 25.0 Å². The molecule has 1 fully saturated rings. The molecule has 18 heavy (non-hydrogen) atoms. The van der Waals surface area contributed by atoms with E-state index in [-0.39, 0.29) is 25.1 Å². The molecule has 0 bridgehead atoms. The van der Waals surface area contributed by atoms with E-state index in [1.165, 1.54) is 16.7 Å². The maximum absolute atomic E-state index is 9.68. The molecule has 0 aromatic heterocycles. The Hall–Kier alpha value is -0.610. The molecule has 1 aliphatic heterocycles. The summed E-state index contributed by atoms with van der Waals surface area (Å²) in [6.45, 7) is 8.49. The molecule has 2 rings (SSSR count). The standard InChI is InChI=1S/C14H22N2O.ClH/c1-11-3-4-12(2)13(9-11)14(10-17)16-7-5-15-6-8-16;/h3-4,9,14-15,17H,5-8,10H2,1-2H3;1H/t14-;/m0./s1. The highest BCUT2D eigenvalue weighted by Gasteiger charge is 2.22. The Morgan fingerprint density at radius 1 is 1.28 bits per heavy atom. The zero-order valence-electron chi connectivity index (χ0n) is 11.1. The quantitative estimate of drug-likeness (QED) is 0.877. The van der Waals surface area contributed by atoms with Crippen LogP contribution in [0.1, 0.15) is 22.7 Å². The van der Waals surface area contributed by atoms with Crippen molar-refractivity contribution in [2.45, 2.75) is 19.9 Å². The number of aliphatic hydroxyl groups excluding tert-OH is 1. The first-order valence-electron chi connectivity index (χ1n) is 6.35. The lowest BCUT2D eigenvalue weighted by Crippen LogP contribution is -2.46. The molecule has 2 N–H and O–H groups in total. The maximum Gasteiger partial charge on any atom is 0.0628 e. The minimum absolute atomic E-state index is 0. The Bertz CT molecular complexity index is 378. The Morgan fingerprint density at radius 2 is 1.94 bits per heavy atom. The highest BCUT2D eigenvalue weighted by Crippen LogP contribution is 2.24. The molecule has 0 unspecified atom stereocenters. The summed E-state index contributed by atoms with van der Waals surface area (Å²) in [5.41, 5.74) is 3.81. The van der Waals surface area contributed by atoms with Crippen molar-refractivity contribution in [3.05, 3.63) is 34.9 Å². The van der Waals surface area contributed by atoms with Crippen LogP contribution in [0, 0.1) is 13.8 Å². The molecule has 0 aliphatic carbocycles. The molecule has 1 atom stereocenters. The molecule has 102 valence electrons.